The number of hydrogen-bond donors (Lipinski definition) is 2. The van der Waals surface area contributed by atoms with Crippen LogP contribution < -0.4 is 11.1 Å². The standard InChI is InChI=1S/C20H19FN6O/c21-14-5-6-17-13(7-14)8-15(10-24-17)25-20-16(19(23)28)11-27(26-20)18-4-2-1-3-12(18)9-22/h5-8,10-12,18H,1-4H2,(H2,23,28)(H,25,26)/t12-,18+/m1/s1. The second-order valence-electron chi connectivity index (χ2n) is 7.01. The van der Waals surface area contributed by atoms with Gasteiger partial charge in [0.05, 0.1) is 35.4 Å². The molecular weight excluding hydrogens is 359 g/mol. The van der Waals surface area contributed by atoms with Crippen LogP contribution >= 0.6 is 0 Å². The number of nitriles is 1. The van der Waals surface area contributed by atoms with Crippen molar-refractivity contribution in [1.29, 1.82) is 5.26 Å². The van der Waals surface area contributed by atoms with Gasteiger partial charge < -0.3 is 11.1 Å². The Balaban J connectivity index is 1.68. The van der Waals surface area contributed by atoms with Gasteiger partial charge in [0.2, 0.25) is 0 Å². The Kier molecular flexibility index (Phi) is 4.65. The van der Waals surface area contributed by atoms with E-state index in [-0.39, 0.29) is 23.3 Å². The third kappa shape index (κ3) is 3.39. The molecule has 2 atom stereocenters. The largest absolute Gasteiger partial charge is 0.365 e. The summed E-state index contributed by atoms with van der Waals surface area (Å²) in [5.74, 6) is -0.814. The molecule has 0 radical (unpaired) electrons. The number of anilines is 2. The molecule has 0 spiro atoms. The average molecular weight is 378 g/mol. The van der Waals surface area contributed by atoms with Gasteiger partial charge in [0.25, 0.3) is 5.91 Å². The van der Waals surface area contributed by atoms with E-state index in [4.69, 9.17) is 5.73 Å². The zero-order valence-corrected chi connectivity index (χ0v) is 15.1. The SMILES string of the molecule is N#C[C@H]1CCCC[C@@H]1n1cc(C(N)=O)c(Nc2cnc3ccc(F)cc3c2)n1. The van der Waals surface area contributed by atoms with Gasteiger partial charge >= 0.3 is 0 Å². The molecule has 0 unspecified atom stereocenters. The van der Waals surface area contributed by atoms with Crippen LogP contribution in [0, 0.1) is 23.1 Å². The number of nitrogens with two attached hydrogens (primary N) is 1. The van der Waals surface area contributed by atoms with Crippen LogP contribution in [-0.2, 0) is 0 Å². The summed E-state index contributed by atoms with van der Waals surface area (Å²) >= 11 is 0. The van der Waals surface area contributed by atoms with E-state index in [9.17, 15) is 14.4 Å². The smallest absolute Gasteiger partial charge is 0.254 e. The first-order valence-electron chi connectivity index (χ1n) is 9.16. The molecule has 2 heterocycles. The number of pyridine rings is 1. The van der Waals surface area contributed by atoms with Crippen molar-refractivity contribution in [2.75, 3.05) is 5.32 Å². The molecule has 1 saturated carbocycles. The highest BCUT2D eigenvalue weighted by Crippen LogP contribution is 2.34. The monoisotopic (exact) mass is 378 g/mol. The van der Waals surface area contributed by atoms with Gasteiger partial charge in [-0.2, -0.15) is 10.4 Å². The number of aromatic nitrogens is 3. The maximum Gasteiger partial charge on any atom is 0.254 e. The zero-order chi connectivity index (χ0) is 19.7. The Morgan fingerprint density at radius 3 is 2.93 bits per heavy atom. The van der Waals surface area contributed by atoms with Gasteiger partial charge in [-0.15, -0.1) is 0 Å². The van der Waals surface area contributed by atoms with Crippen LogP contribution in [0.4, 0.5) is 15.9 Å². The molecule has 1 amide bonds. The molecule has 0 bridgehead atoms. The second-order valence-corrected chi connectivity index (χ2v) is 7.01. The summed E-state index contributed by atoms with van der Waals surface area (Å²) in [7, 11) is 0. The number of carbonyl (C=O) groups excluding carboxylic acids is 1. The lowest BCUT2D eigenvalue weighted by Gasteiger charge is -2.26. The van der Waals surface area contributed by atoms with Crippen molar-refractivity contribution in [1.82, 2.24) is 14.8 Å². The number of carbonyl (C=O) groups is 1. The van der Waals surface area contributed by atoms with Gasteiger partial charge in [-0.05, 0) is 37.1 Å². The molecule has 28 heavy (non-hydrogen) atoms. The summed E-state index contributed by atoms with van der Waals surface area (Å²) in [6.07, 6.45) is 6.85. The molecule has 3 aromatic rings. The molecule has 1 aliphatic carbocycles. The normalized spacial score (nSPS) is 19.3. The van der Waals surface area contributed by atoms with Gasteiger partial charge in [0.1, 0.15) is 11.4 Å². The lowest BCUT2D eigenvalue weighted by molar-refractivity contribution is 0.100. The van der Waals surface area contributed by atoms with Crippen molar-refractivity contribution in [3.8, 4) is 6.07 Å². The van der Waals surface area contributed by atoms with Crippen LogP contribution in [0.15, 0.2) is 36.7 Å². The fourth-order valence-electron chi connectivity index (χ4n) is 3.72. The topological polar surface area (TPSA) is 110 Å². The van der Waals surface area contributed by atoms with Crippen molar-refractivity contribution in [3.63, 3.8) is 0 Å². The van der Waals surface area contributed by atoms with E-state index < -0.39 is 5.91 Å². The molecule has 3 N–H and O–H groups in total. The number of rotatable bonds is 4. The van der Waals surface area contributed by atoms with Gasteiger partial charge in [-0.3, -0.25) is 14.5 Å². The predicted octanol–water partition coefficient (Wildman–Crippen LogP) is 3.67. The number of fused-ring (bicyclic) bond motifs is 1. The molecule has 0 saturated heterocycles. The van der Waals surface area contributed by atoms with E-state index in [2.05, 4.69) is 21.5 Å². The van der Waals surface area contributed by atoms with Gasteiger partial charge in [0, 0.05) is 11.6 Å². The number of primary amides is 1. The number of amides is 1. The van der Waals surface area contributed by atoms with Crippen LogP contribution in [-0.4, -0.2) is 20.7 Å². The van der Waals surface area contributed by atoms with E-state index in [1.165, 1.54) is 12.1 Å². The fraction of sp³-hybridized carbons (Fsp3) is 0.300. The van der Waals surface area contributed by atoms with Crippen molar-refractivity contribution in [2.24, 2.45) is 11.7 Å². The first kappa shape index (κ1) is 17.9. The highest BCUT2D eigenvalue weighted by atomic mass is 19.1. The second kappa shape index (κ2) is 7.27. The Morgan fingerprint density at radius 2 is 2.14 bits per heavy atom. The maximum atomic E-state index is 13.5. The number of benzene rings is 1. The molecule has 1 aromatic carbocycles. The van der Waals surface area contributed by atoms with Crippen molar-refractivity contribution in [2.45, 2.75) is 31.7 Å². The highest BCUT2D eigenvalue weighted by molar-refractivity contribution is 5.98. The number of nitrogens with zero attached hydrogens (tertiary/aromatic N) is 4. The van der Waals surface area contributed by atoms with Crippen LogP contribution in [0.5, 0.6) is 0 Å². The molecule has 4 rings (SSSR count). The van der Waals surface area contributed by atoms with Crippen LogP contribution in [0.2, 0.25) is 0 Å². The number of halogens is 1. The summed E-state index contributed by atoms with van der Waals surface area (Å²) < 4.78 is 15.2. The Bertz CT molecular complexity index is 1090. The van der Waals surface area contributed by atoms with E-state index in [1.54, 1.807) is 29.2 Å². The molecular formula is C20H19FN6O. The van der Waals surface area contributed by atoms with Crippen molar-refractivity contribution < 1.29 is 9.18 Å². The average Bonchev–Trinajstić information content (AvgIpc) is 3.11. The molecule has 1 fully saturated rings. The molecule has 1 aliphatic rings. The van der Waals surface area contributed by atoms with Gasteiger partial charge in [-0.25, -0.2) is 4.39 Å². The van der Waals surface area contributed by atoms with Crippen molar-refractivity contribution in [3.05, 3.63) is 48.0 Å². The van der Waals surface area contributed by atoms with Crippen LogP contribution in [0.1, 0.15) is 42.1 Å². The summed E-state index contributed by atoms with van der Waals surface area (Å²) in [6.45, 7) is 0. The summed E-state index contributed by atoms with van der Waals surface area (Å²) in [5.41, 5.74) is 6.98. The van der Waals surface area contributed by atoms with Crippen LogP contribution in [0.25, 0.3) is 10.9 Å². The first-order chi connectivity index (χ1) is 13.5. The third-order valence-electron chi connectivity index (χ3n) is 5.14. The first-order valence-corrected chi connectivity index (χ1v) is 9.16. The molecule has 142 valence electrons. The summed E-state index contributed by atoms with van der Waals surface area (Å²) in [6, 6.07) is 8.33. The van der Waals surface area contributed by atoms with Gasteiger partial charge in [0.15, 0.2) is 5.82 Å². The Morgan fingerprint density at radius 1 is 1.32 bits per heavy atom. The molecule has 8 heteroatoms. The lowest BCUT2D eigenvalue weighted by atomic mass is 9.85. The summed E-state index contributed by atoms with van der Waals surface area (Å²) in [4.78, 5) is 16.2. The quantitative estimate of drug-likeness (QED) is 0.720. The lowest BCUT2D eigenvalue weighted by Crippen LogP contribution is -2.22. The molecule has 0 aliphatic heterocycles. The highest BCUT2D eigenvalue weighted by Gasteiger charge is 2.28. The fourth-order valence-corrected chi connectivity index (χ4v) is 3.72. The molecule has 7 nitrogen and oxygen atoms in total. The predicted molar refractivity (Wildman–Crippen MR) is 102 cm³/mol. The number of nitrogens with one attached hydrogen (secondary N) is 1. The van der Waals surface area contributed by atoms with Crippen LogP contribution in [0.3, 0.4) is 0 Å². The maximum absolute atomic E-state index is 13.5. The minimum absolute atomic E-state index is 0.0868. The van der Waals surface area contributed by atoms with E-state index in [1.807, 2.05) is 0 Å². The van der Waals surface area contributed by atoms with Gasteiger partial charge in [-0.1, -0.05) is 12.8 Å². The van der Waals surface area contributed by atoms with E-state index in [0.29, 0.717) is 22.4 Å². The van der Waals surface area contributed by atoms with Crippen molar-refractivity contribution >= 4 is 28.3 Å². The third-order valence-corrected chi connectivity index (χ3v) is 5.14. The Hall–Kier alpha value is -3.47. The summed E-state index contributed by atoms with van der Waals surface area (Å²) in [5, 5.41) is 17.6. The minimum atomic E-state index is -0.613. The Labute approximate surface area is 161 Å². The minimum Gasteiger partial charge on any atom is -0.365 e. The van der Waals surface area contributed by atoms with E-state index >= 15 is 0 Å². The molecule has 2 aromatic heterocycles. The van der Waals surface area contributed by atoms with E-state index in [0.717, 1.165) is 25.7 Å². The number of hydrogen-bond acceptors (Lipinski definition) is 5. The zero-order valence-electron chi connectivity index (χ0n) is 15.1.